The van der Waals surface area contributed by atoms with Crippen LogP contribution in [0.4, 0.5) is 0 Å². The zero-order valence-electron chi connectivity index (χ0n) is 17.6. The molecule has 158 valence electrons. The molecule has 1 amide bonds. The maximum absolute atomic E-state index is 12.8. The molecule has 0 saturated carbocycles. The maximum atomic E-state index is 12.8. The summed E-state index contributed by atoms with van der Waals surface area (Å²) in [7, 11) is 3.55. The number of hydrogen-bond acceptors (Lipinski definition) is 4. The van der Waals surface area contributed by atoms with E-state index in [9.17, 15) is 4.79 Å². The first-order valence-electron chi connectivity index (χ1n) is 10.2. The molecule has 1 N–H and O–H groups in total. The Labute approximate surface area is 181 Å². The molecule has 0 fully saturated rings. The number of nitrogens with zero attached hydrogens (tertiary/aromatic N) is 2. The molecule has 31 heavy (non-hydrogen) atoms. The Kier molecular flexibility index (Phi) is 6.17. The second kappa shape index (κ2) is 9.34. The van der Waals surface area contributed by atoms with Crippen molar-refractivity contribution >= 4 is 5.91 Å². The van der Waals surface area contributed by atoms with Crippen LogP contribution in [0, 0.1) is 0 Å². The largest absolute Gasteiger partial charge is 0.497 e. The lowest BCUT2D eigenvalue weighted by Gasteiger charge is -2.19. The Morgan fingerprint density at radius 3 is 2.55 bits per heavy atom. The number of methoxy groups -OCH3 is 1. The number of hydrogen-bond donors (Lipinski definition) is 1. The summed E-state index contributed by atoms with van der Waals surface area (Å²) in [4.78, 5) is 17.2. The summed E-state index contributed by atoms with van der Waals surface area (Å²) in [5.74, 6) is 3.05. The van der Waals surface area contributed by atoms with Crippen molar-refractivity contribution in [2.24, 2.45) is 7.05 Å². The first kappa shape index (κ1) is 20.5. The normalized spacial score (nSPS) is 11.8. The highest BCUT2D eigenvalue weighted by Gasteiger charge is 2.21. The van der Waals surface area contributed by atoms with Crippen molar-refractivity contribution in [2.45, 2.75) is 18.9 Å². The predicted octanol–water partition coefficient (Wildman–Crippen LogP) is 4.53. The van der Waals surface area contributed by atoms with Gasteiger partial charge in [-0.15, -0.1) is 0 Å². The Morgan fingerprint density at radius 2 is 1.87 bits per heavy atom. The van der Waals surface area contributed by atoms with E-state index in [2.05, 4.69) is 10.3 Å². The molecule has 0 aliphatic heterocycles. The van der Waals surface area contributed by atoms with E-state index in [1.165, 1.54) is 0 Å². The van der Waals surface area contributed by atoms with Gasteiger partial charge in [-0.3, -0.25) is 4.79 Å². The molecular weight excluding hydrogens is 390 g/mol. The second-order valence-corrected chi connectivity index (χ2v) is 7.30. The highest BCUT2D eigenvalue weighted by atomic mass is 16.5. The number of ether oxygens (including phenoxy) is 1. The Balaban J connectivity index is 1.44. The minimum absolute atomic E-state index is 0.0681. The number of aryl methyl sites for hydroxylation is 2. The van der Waals surface area contributed by atoms with Gasteiger partial charge in [-0.2, -0.15) is 0 Å². The molecule has 0 radical (unpaired) electrons. The molecular formula is C25H25N3O3. The number of furan rings is 1. The molecule has 6 heteroatoms. The SMILES string of the molecule is COc1ccc([C@@H](NC(=O)CCc2ccc(-c3ccccc3)o2)c2nccn2C)cc1. The van der Waals surface area contributed by atoms with Gasteiger partial charge in [-0.1, -0.05) is 42.5 Å². The third kappa shape index (κ3) is 4.86. The van der Waals surface area contributed by atoms with E-state index in [0.29, 0.717) is 12.8 Å². The average Bonchev–Trinajstić information content (AvgIpc) is 3.46. The average molecular weight is 415 g/mol. The maximum Gasteiger partial charge on any atom is 0.221 e. The van der Waals surface area contributed by atoms with Crippen molar-refractivity contribution in [3.05, 3.63) is 96.3 Å². The molecule has 0 spiro atoms. The van der Waals surface area contributed by atoms with Crippen LogP contribution in [-0.2, 0) is 18.3 Å². The van der Waals surface area contributed by atoms with Gasteiger partial charge in [0, 0.05) is 37.8 Å². The summed E-state index contributed by atoms with van der Waals surface area (Å²) in [6.45, 7) is 0. The van der Waals surface area contributed by atoms with Crippen molar-refractivity contribution in [3.8, 4) is 17.1 Å². The number of nitrogens with one attached hydrogen (secondary N) is 1. The number of aromatic nitrogens is 2. The van der Waals surface area contributed by atoms with Crippen LogP contribution in [0.15, 0.2) is 83.5 Å². The number of rotatable bonds is 8. The summed E-state index contributed by atoms with van der Waals surface area (Å²) in [6.07, 6.45) is 4.44. The molecule has 0 saturated heterocycles. The lowest BCUT2D eigenvalue weighted by atomic mass is 10.1. The van der Waals surface area contributed by atoms with Gasteiger partial charge in [-0.25, -0.2) is 4.98 Å². The van der Waals surface area contributed by atoms with Gasteiger partial charge in [0.15, 0.2) is 0 Å². The lowest BCUT2D eigenvalue weighted by molar-refractivity contribution is -0.121. The van der Waals surface area contributed by atoms with Crippen LogP contribution in [0.2, 0.25) is 0 Å². The fraction of sp³-hybridized carbons (Fsp3) is 0.200. The number of amides is 1. The van der Waals surface area contributed by atoms with E-state index in [1.807, 2.05) is 84.5 Å². The highest BCUT2D eigenvalue weighted by Crippen LogP contribution is 2.24. The van der Waals surface area contributed by atoms with Crippen molar-refractivity contribution in [1.82, 2.24) is 14.9 Å². The van der Waals surface area contributed by atoms with Gasteiger partial charge in [-0.05, 0) is 29.8 Å². The smallest absolute Gasteiger partial charge is 0.221 e. The molecule has 0 aliphatic rings. The molecule has 2 aromatic heterocycles. The molecule has 6 nitrogen and oxygen atoms in total. The van der Waals surface area contributed by atoms with Crippen molar-refractivity contribution in [1.29, 1.82) is 0 Å². The van der Waals surface area contributed by atoms with Gasteiger partial charge >= 0.3 is 0 Å². The number of imidazole rings is 1. The van der Waals surface area contributed by atoms with E-state index >= 15 is 0 Å². The van der Waals surface area contributed by atoms with E-state index in [0.717, 1.165) is 34.2 Å². The molecule has 2 aromatic carbocycles. The van der Waals surface area contributed by atoms with Crippen LogP contribution < -0.4 is 10.1 Å². The van der Waals surface area contributed by atoms with Crippen LogP contribution in [0.1, 0.15) is 29.6 Å². The van der Waals surface area contributed by atoms with Gasteiger partial charge in [0.1, 0.15) is 29.1 Å². The minimum Gasteiger partial charge on any atom is -0.497 e. The second-order valence-electron chi connectivity index (χ2n) is 7.30. The lowest BCUT2D eigenvalue weighted by Crippen LogP contribution is -2.31. The molecule has 2 heterocycles. The molecule has 0 unspecified atom stereocenters. The van der Waals surface area contributed by atoms with E-state index in [-0.39, 0.29) is 11.9 Å². The summed E-state index contributed by atoms with van der Waals surface area (Å²) < 4.78 is 13.1. The van der Waals surface area contributed by atoms with E-state index in [4.69, 9.17) is 9.15 Å². The zero-order chi connectivity index (χ0) is 21.6. The highest BCUT2D eigenvalue weighted by molar-refractivity contribution is 5.77. The van der Waals surface area contributed by atoms with Gasteiger partial charge in [0.05, 0.1) is 7.11 Å². The Morgan fingerprint density at radius 1 is 1.10 bits per heavy atom. The van der Waals surface area contributed by atoms with Crippen LogP contribution in [-0.4, -0.2) is 22.6 Å². The molecule has 0 bridgehead atoms. The summed E-state index contributed by atoms with van der Waals surface area (Å²) >= 11 is 0. The zero-order valence-corrected chi connectivity index (χ0v) is 17.6. The first-order chi connectivity index (χ1) is 15.1. The predicted molar refractivity (Wildman–Crippen MR) is 119 cm³/mol. The standard InChI is InChI=1S/C25H25N3O3/c1-28-17-16-26-25(28)24(19-8-10-20(30-2)11-9-19)27-23(29)15-13-21-12-14-22(31-21)18-6-4-3-5-7-18/h3-12,14,16-17,24H,13,15H2,1-2H3,(H,27,29)/t24-/m1/s1. The van der Waals surface area contributed by atoms with Gasteiger partial charge in [0.25, 0.3) is 0 Å². The monoisotopic (exact) mass is 415 g/mol. The van der Waals surface area contributed by atoms with Gasteiger partial charge in [0.2, 0.25) is 5.91 Å². The minimum atomic E-state index is -0.352. The third-order valence-electron chi connectivity index (χ3n) is 5.19. The summed E-state index contributed by atoms with van der Waals surface area (Å²) in [6, 6.07) is 21.1. The summed E-state index contributed by atoms with van der Waals surface area (Å²) in [5, 5.41) is 3.12. The molecule has 4 aromatic rings. The van der Waals surface area contributed by atoms with Crippen LogP contribution in [0.25, 0.3) is 11.3 Å². The molecule has 1 atom stereocenters. The number of benzene rings is 2. The van der Waals surface area contributed by atoms with E-state index < -0.39 is 0 Å². The number of carbonyl (C=O) groups is 1. The molecule has 0 aliphatic carbocycles. The summed E-state index contributed by atoms with van der Waals surface area (Å²) in [5.41, 5.74) is 1.96. The third-order valence-corrected chi connectivity index (χ3v) is 5.19. The van der Waals surface area contributed by atoms with Crippen LogP contribution >= 0.6 is 0 Å². The van der Waals surface area contributed by atoms with Gasteiger partial charge < -0.3 is 19.0 Å². The topological polar surface area (TPSA) is 69.3 Å². The number of carbonyl (C=O) groups excluding carboxylic acids is 1. The Bertz CT molecular complexity index is 1130. The fourth-order valence-corrected chi connectivity index (χ4v) is 3.49. The fourth-order valence-electron chi connectivity index (χ4n) is 3.49. The van der Waals surface area contributed by atoms with Crippen molar-refractivity contribution in [2.75, 3.05) is 7.11 Å². The van der Waals surface area contributed by atoms with Crippen LogP contribution in [0.3, 0.4) is 0 Å². The van der Waals surface area contributed by atoms with Crippen LogP contribution in [0.5, 0.6) is 5.75 Å². The van der Waals surface area contributed by atoms with E-state index in [1.54, 1.807) is 13.3 Å². The first-order valence-corrected chi connectivity index (χ1v) is 10.2. The Hall–Kier alpha value is -3.80. The quantitative estimate of drug-likeness (QED) is 0.459. The van der Waals surface area contributed by atoms with Crippen molar-refractivity contribution < 1.29 is 13.9 Å². The molecule has 4 rings (SSSR count). The van der Waals surface area contributed by atoms with Crippen molar-refractivity contribution in [3.63, 3.8) is 0 Å².